The van der Waals surface area contributed by atoms with Crippen LogP contribution in [0.5, 0.6) is 5.75 Å². The van der Waals surface area contributed by atoms with Gasteiger partial charge in [-0.3, -0.25) is 4.79 Å². The summed E-state index contributed by atoms with van der Waals surface area (Å²) in [5.41, 5.74) is 7.18. The number of hydrogen-bond donors (Lipinski definition) is 1. The van der Waals surface area contributed by atoms with E-state index >= 15 is 0 Å². The Balaban J connectivity index is 1.63. The van der Waals surface area contributed by atoms with Crippen LogP contribution in [-0.2, 0) is 16.1 Å². The van der Waals surface area contributed by atoms with Crippen LogP contribution in [0.4, 0.5) is 0 Å². The molecule has 0 saturated carbocycles. The van der Waals surface area contributed by atoms with E-state index in [4.69, 9.17) is 15.2 Å². The van der Waals surface area contributed by atoms with Gasteiger partial charge in [0.15, 0.2) is 0 Å². The number of amidine groups is 1. The van der Waals surface area contributed by atoms with Crippen molar-refractivity contribution < 1.29 is 14.3 Å². The number of nitrogens with zero attached hydrogens (tertiary/aromatic N) is 1. The molecule has 1 aliphatic rings. The first-order chi connectivity index (χ1) is 10.2. The molecular weight excluding hydrogens is 268 g/mol. The summed E-state index contributed by atoms with van der Waals surface area (Å²) in [6.45, 7) is 0.495. The van der Waals surface area contributed by atoms with Gasteiger partial charge in [0.1, 0.15) is 12.4 Å². The van der Waals surface area contributed by atoms with Gasteiger partial charge >= 0.3 is 0 Å². The van der Waals surface area contributed by atoms with Gasteiger partial charge in [0, 0.05) is 5.56 Å². The van der Waals surface area contributed by atoms with Crippen LogP contribution in [0.15, 0.2) is 59.6 Å². The lowest BCUT2D eigenvalue weighted by atomic mass is 10.1. The molecule has 0 bridgehead atoms. The second-order valence-corrected chi connectivity index (χ2v) is 4.63. The van der Waals surface area contributed by atoms with Gasteiger partial charge in [-0.2, -0.15) is 4.99 Å². The van der Waals surface area contributed by atoms with E-state index in [1.54, 1.807) is 24.3 Å². The Morgan fingerprint density at radius 2 is 1.81 bits per heavy atom. The number of carbonyl (C=O) groups excluding carboxylic acids is 1. The van der Waals surface area contributed by atoms with Crippen molar-refractivity contribution in [2.24, 2.45) is 10.7 Å². The van der Waals surface area contributed by atoms with Crippen LogP contribution in [-0.4, -0.2) is 11.9 Å². The summed E-state index contributed by atoms with van der Waals surface area (Å²) in [5, 5.41) is 0. The van der Waals surface area contributed by atoms with Gasteiger partial charge in [-0.25, -0.2) is 0 Å². The molecule has 1 atom stereocenters. The van der Waals surface area contributed by atoms with Crippen molar-refractivity contribution >= 4 is 11.9 Å². The zero-order valence-electron chi connectivity index (χ0n) is 11.2. The predicted molar refractivity (Wildman–Crippen MR) is 77.7 cm³/mol. The van der Waals surface area contributed by atoms with Crippen LogP contribution >= 0.6 is 0 Å². The van der Waals surface area contributed by atoms with Crippen LogP contribution in [0.1, 0.15) is 17.2 Å². The van der Waals surface area contributed by atoms with Gasteiger partial charge in [0.2, 0.25) is 6.10 Å². The molecule has 21 heavy (non-hydrogen) atoms. The third kappa shape index (κ3) is 3.02. The minimum atomic E-state index is -0.742. The molecule has 3 rings (SSSR count). The first-order valence-electron chi connectivity index (χ1n) is 6.54. The van der Waals surface area contributed by atoms with Gasteiger partial charge in [0.25, 0.3) is 11.9 Å². The molecule has 0 fully saturated rings. The van der Waals surface area contributed by atoms with Gasteiger partial charge < -0.3 is 15.2 Å². The van der Waals surface area contributed by atoms with Gasteiger partial charge in [-0.1, -0.05) is 42.5 Å². The zero-order valence-corrected chi connectivity index (χ0v) is 11.2. The van der Waals surface area contributed by atoms with E-state index in [1.807, 2.05) is 30.3 Å². The zero-order chi connectivity index (χ0) is 14.7. The number of benzene rings is 2. The van der Waals surface area contributed by atoms with Gasteiger partial charge in [-0.15, -0.1) is 0 Å². The van der Waals surface area contributed by atoms with E-state index in [2.05, 4.69) is 4.99 Å². The van der Waals surface area contributed by atoms with E-state index in [0.717, 1.165) is 11.3 Å². The summed E-state index contributed by atoms with van der Waals surface area (Å²) in [6.07, 6.45) is -0.742. The van der Waals surface area contributed by atoms with Crippen molar-refractivity contribution in [2.45, 2.75) is 12.7 Å². The highest BCUT2D eigenvalue weighted by Crippen LogP contribution is 2.25. The van der Waals surface area contributed by atoms with Gasteiger partial charge in [-0.05, 0) is 17.7 Å². The summed E-state index contributed by atoms with van der Waals surface area (Å²) in [6, 6.07) is 16.9. The summed E-state index contributed by atoms with van der Waals surface area (Å²) < 4.78 is 10.8. The fourth-order valence-electron chi connectivity index (χ4n) is 2.06. The van der Waals surface area contributed by atoms with E-state index in [1.165, 1.54) is 0 Å². The Morgan fingerprint density at radius 3 is 2.43 bits per heavy atom. The molecule has 2 aromatic rings. The van der Waals surface area contributed by atoms with Crippen molar-refractivity contribution in [3.63, 3.8) is 0 Å². The van der Waals surface area contributed by atoms with Crippen molar-refractivity contribution in [1.82, 2.24) is 0 Å². The second kappa shape index (κ2) is 5.66. The van der Waals surface area contributed by atoms with Crippen LogP contribution in [0.3, 0.4) is 0 Å². The molecule has 5 nitrogen and oxygen atoms in total. The summed E-state index contributed by atoms with van der Waals surface area (Å²) in [4.78, 5) is 15.1. The van der Waals surface area contributed by atoms with Crippen LogP contribution in [0.2, 0.25) is 0 Å². The normalized spacial score (nSPS) is 17.2. The number of aliphatic imine (C=N–C) groups is 1. The lowest BCUT2D eigenvalue weighted by Crippen LogP contribution is -2.13. The molecular formula is C16H14N2O3. The lowest BCUT2D eigenvalue weighted by Gasteiger charge is -2.10. The molecule has 0 aliphatic carbocycles. The molecule has 1 unspecified atom stereocenters. The molecule has 106 valence electrons. The van der Waals surface area contributed by atoms with E-state index in [-0.39, 0.29) is 11.9 Å². The highest BCUT2D eigenvalue weighted by Gasteiger charge is 2.29. The van der Waals surface area contributed by atoms with E-state index < -0.39 is 6.10 Å². The van der Waals surface area contributed by atoms with Crippen molar-refractivity contribution in [2.75, 3.05) is 0 Å². The fourth-order valence-corrected chi connectivity index (χ4v) is 2.06. The molecule has 0 radical (unpaired) electrons. The molecule has 0 spiro atoms. The monoisotopic (exact) mass is 282 g/mol. The number of nitrogens with two attached hydrogens (primary N) is 1. The van der Waals surface area contributed by atoms with Crippen LogP contribution in [0, 0.1) is 0 Å². The van der Waals surface area contributed by atoms with Crippen molar-refractivity contribution in [3.05, 3.63) is 65.7 Å². The van der Waals surface area contributed by atoms with Crippen molar-refractivity contribution in [3.8, 4) is 5.75 Å². The molecule has 1 amide bonds. The Kier molecular flexibility index (Phi) is 3.55. The summed E-state index contributed by atoms with van der Waals surface area (Å²) in [7, 11) is 0. The van der Waals surface area contributed by atoms with E-state index in [9.17, 15) is 4.79 Å². The number of ether oxygens (including phenoxy) is 2. The van der Waals surface area contributed by atoms with Crippen LogP contribution < -0.4 is 10.5 Å². The molecule has 0 saturated heterocycles. The first-order valence-corrected chi connectivity index (χ1v) is 6.54. The second-order valence-electron chi connectivity index (χ2n) is 4.63. The number of amides is 1. The Hall–Kier alpha value is -2.82. The average molecular weight is 282 g/mol. The minimum Gasteiger partial charge on any atom is -0.489 e. The maximum atomic E-state index is 11.6. The highest BCUT2D eigenvalue weighted by molar-refractivity contribution is 5.98. The number of rotatable bonds is 4. The largest absolute Gasteiger partial charge is 0.489 e. The predicted octanol–water partition coefficient (Wildman–Crippen LogP) is 2.18. The average Bonchev–Trinajstić information content (AvgIpc) is 2.85. The molecule has 0 aromatic heterocycles. The lowest BCUT2D eigenvalue weighted by molar-refractivity contribution is -0.122. The highest BCUT2D eigenvalue weighted by atomic mass is 16.5. The molecule has 5 heteroatoms. The fraction of sp³-hybridized carbons (Fsp3) is 0.125. The minimum absolute atomic E-state index is 0.0885. The summed E-state index contributed by atoms with van der Waals surface area (Å²) in [5.74, 6) is 0.340. The topological polar surface area (TPSA) is 73.9 Å². The van der Waals surface area contributed by atoms with Crippen LogP contribution in [0.25, 0.3) is 0 Å². The first kappa shape index (κ1) is 13.2. The molecule has 1 heterocycles. The third-order valence-corrected chi connectivity index (χ3v) is 3.11. The number of carbonyl (C=O) groups is 1. The quantitative estimate of drug-likeness (QED) is 0.932. The molecule has 2 N–H and O–H groups in total. The summed E-state index contributed by atoms with van der Waals surface area (Å²) >= 11 is 0. The SMILES string of the molecule is NC1=NC(=O)C(c2ccc(OCc3ccccc3)cc2)O1. The maximum Gasteiger partial charge on any atom is 0.296 e. The standard InChI is InChI=1S/C16H14N2O3/c17-16-18-15(19)14(21-16)12-6-8-13(9-7-12)20-10-11-4-2-1-3-5-11/h1-9,14H,10H2,(H2,17,18,19). The van der Waals surface area contributed by atoms with E-state index in [0.29, 0.717) is 12.2 Å². The maximum absolute atomic E-state index is 11.6. The Morgan fingerprint density at radius 1 is 1.10 bits per heavy atom. The van der Waals surface area contributed by atoms with Gasteiger partial charge in [0.05, 0.1) is 0 Å². The number of hydrogen-bond acceptors (Lipinski definition) is 4. The Labute approximate surface area is 122 Å². The Bertz CT molecular complexity index is 666. The molecule has 1 aliphatic heterocycles. The molecule has 2 aromatic carbocycles. The third-order valence-electron chi connectivity index (χ3n) is 3.11. The van der Waals surface area contributed by atoms with Crippen molar-refractivity contribution in [1.29, 1.82) is 0 Å². The smallest absolute Gasteiger partial charge is 0.296 e.